The highest BCUT2D eigenvalue weighted by Crippen LogP contribution is 2.34. The van der Waals surface area contributed by atoms with Crippen molar-refractivity contribution in [3.05, 3.63) is 60.7 Å². The second-order valence-corrected chi connectivity index (χ2v) is 8.22. The van der Waals surface area contributed by atoms with Gasteiger partial charge >= 0.3 is 0 Å². The molecular weight excluding hydrogens is 390 g/mol. The van der Waals surface area contributed by atoms with Crippen molar-refractivity contribution in [1.29, 1.82) is 0 Å². The summed E-state index contributed by atoms with van der Waals surface area (Å²) >= 11 is 0. The lowest BCUT2D eigenvalue weighted by Gasteiger charge is -2.34. The summed E-state index contributed by atoms with van der Waals surface area (Å²) < 4.78 is 2.01. The van der Waals surface area contributed by atoms with Gasteiger partial charge in [-0.25, -0.2) is 19.9 Å². The van der Waals surface area contributed by atoms with Crippen LogP contribution in [-0.4, -0.2) is 35.4 Å². The number of aromatic nitrogens is 6. The Morgan fingerprint density at radius 3 is 2.68 bits per heavy atom. The number of hydrogen-bond donors (Lipinski definition) is 3. The van der Waals surface area contributed by atoms with Gasteiger partial charge in [0.25, 0.3) is 0 Å². The molecule has 0 saturated heterocycles. The Morgan fingerprint density at radius 1 is 1.06 bits per heavy atom. The zero-order chi connectivity index (χ0) is 21.4. The van der Waals surface area contributed by atoms with E-state index in [-0.39, 0.29) is 6.04 Å². The fourth-order valence-electron chi connectivity index (χ4n) is 4.06. The third-order valence-electron chi connectivity index (χ3n) is 5.92. The predicted molar refractivity (Wildman–Crippen MR) is 119 cm³/mol. The molecule has 1 aliphatic carbocycles. The van der Waals surface area contributed by atoms with Gasteiger partial charge in [-0.3, -0.25) is 9.38 Å². The summed E-state index contributed by atoms with van der Waals surface area (Å²) in [4.78, 5) is 22.4. The molecule has 0 aromatic carbocycles. The zero-order valence-electron chi connectivity index (χ0n) is 17.4. The molecule has 4 aromatic rings. The monoisotopic (exact) mass is 415 g/mol. The molecule has 5 N–H and O–H groups in total. The first-order chi connectivity index (χ1) is 15.0. The van der Waals surface area contributed by atoms with Gasteiger partial charge < -0.3 is 16.8 Å². The average molecular weight is 416 g/mol. The van der Waals surface area contributed by atoms with Crippen LogP contribution in [0.15, 0.2) is 49.3 Å². The largest absolute Gasteiger partial charge is 0.338 e. The highest BCUT2D eigenvalue weighted by atomic mass is 15.1. The maximum absolute atomic E-state index is 6.71. The van der Waals surface area contributed by atoms with E-state index >= 15 is 0 Å². The molecule has 158 valence electrons. The molecule has 1 saturated carbocycles. The van der Waals surface area contributed by atoms with Gasteiger partial charge in [0.1, 0.15) is 17.3 Å². The molecule has 0 atom stereocenters. The topological polar surface area (TPSA) is 133 Å². The van der Waals surface area contributed by atoms with Crippen molar-refractivity contribution < 1.29 is 0 Å². The van der Waals surface area contributed by atoms with Crippen LogP contribution < -0.4 is 16.8 Å². The third kappa shape index (κ3) is 3.73. The first-order valence-corrected chi connectivity index (χ1v) is 10.4. The van der Waals surface area contributed by atoms with Crippen molar-refractivity contribution in [2.24, 2.45) is 11.5 Å². The van der Waals surface area contributed by atoms with Gasteiger partial charge in [-0.1, -0.05) is 0 Å². The lowest BCUT2D eigenvalue weighted by atomic mass is 9.79. The number of nitrogens with one attached hydrogen (secondary N) is 1. The molecule has 9 nitrogen and oxygen atoms in total. The van der Waals surface area contributed by atoms with Crippen LogP contribution >= 0.6 is 0 Å². The summed E-state index contributed by atoms with van der Waals surface area (Å²) in [5.74, 6) is 1.34. The van der Waals surface area contributed by atoms with E-state index in [0.29, 0.717) is 11.6 Å². The second-order valence-electron chi connectivity index (χ2n) is 8.22. The average Bonchev–Trinajstić information content (AvgIpc) is 3.20. The number of nitrogens with zero attached hydrogens (tertiary/aromatic N) is 6. The zero-order valence-corrected chi connectivity index (χ0v) is 17.4. The Morgan fingerprint density at radius 2 is 1.90 bits per heavy atom. The van der Waals surface area contributed by atoms with Crippen LogP contribution in [0.2, 0.25) is 0 Å². The minimum absolute atomic E-state index is 0.209. The third-order valence-corrected chi connectivity index (χ3v) is 5.92. The molecule has 0 bridgehead atoms. The maximum atomic E-state index is 6.71. The van der Waals surface area contributed by atoms with Crippen molar-refractivity contribution in [1.82, 2.24) is 29.3 Å². The quantitative estimate of drug-likeness (QED) is 0.463. The number of anilines is 2. The normalized spacial score (nSPS) is 21.3. The van der Waals surface area contributed by atoms with E-state index in [1.165, 1.54) is 0 Å². The highest BCUT2D eigenvalue weighted by Gasteiger charge is 2.35. The van der Waals surface area contributed by atoms with Gasteiger partial charge in [0, 0.05) is 30.8 Å². The van der Waals surface area contributed by atoms with Crippen molar-refractivity contribution in [3.8, 4) is 11.4 Å². The van der Waals surface area contributed by atoms with E-state index in [9.17, 15) is 0 Å². The Labute approximate surface area is 180 Å². The predicted octanol–water partition coefficient (Wildman–Crippen LogP) is 2.69. The van der Waals surface area contributed by atoms with Gasteiger partial charge in [0.15, 0.2) is 0 Å². The van der Waals surface area contributed by atoms with Gasteiger partial charge in [0.05, 0.1) is 35.0 Å². The maximum Gasteiger partial charge on any atom is 0.148 e. The van der Waals surface area contributed by atoms with Crippen LogP contribution in [0.4, 0.5) is 11.5 Å². The fourth-order valence-corrected chi connectivity index (χ4v) is 4.06. The summed E-state index contributed by atoms with van der Waals surface area (Å²) in [5, 5.41) is 3.27. The van der Waals surface area contributed by atoms with Crippen molar-refractivity contribution in [2.75, 3.05) is 5.32 Å². The molecule has 5 rings (SSSR count). The first-order valence-electron chi connectivity index (χ1n) is 10.4. The van der Waals surface area contributed by atoms with Crippen molar-refractivity contribution in [3.63, 3.8) is 0 Å². The molecule has 1 fully saturated rings. The first kappa shape index (κ1) is 19.5. The summed E-state index contributed by atoms with van der Waals surface area (Å²) in [6, 6.07) is 4.12. The number of pyridine rings is 1. The molecule has 0 aliphatic heterocycles. The second kappa shape index (κ2) is 7.68. The molecule has 4 heterocycles. The van der Waals surface area contributed by atoms with Crippen LogP contribution in [0.5, 0.6) is 0 Å². The smallest absolute Gasteiger partial charge is 0.148 e. The molecule has 31 heavy (non-hydrogen) atoms. The van der Waals surface area contributed by atoms with E-state index in [2.05, 4.69) is 25.3 Å². The van der Waals surface area contributed by atoms with Crippen LogP contribution in [0.25, 0.3) is 17.0 Å². The summed E-state index contributed by atoms with van der Waals surface area (Å²) in [5.41, 5.74) is 16.6. The summed E-state index contributed by atoms with van der Waals surface area (Å²) in [6.45, 7) is 2.00. The number of rotatable bonds is 4. The fraction of sp³-hybridized carbons (Fsp3) is 0.318. The summed E-state index contributed by atoms with van der Waals surface area (Å²) in [6.07, 6.45) is 14.0. The summed E-state index contributed by atoms with van der Waals surface area (Å²) in [7, 11) is 0. The van der Waals surface area contributed by atoms with Crippen molar-refractivity contribution >= 4 is 17.2 Å². The van der Waals surface area contributed by atoms with E-state index in [1.807, 2.05) is 42.0 Å². The van der Waals surface area contributed by atoms with E-state index in [0.717, 1.165) is 54.0 Å². The molecular formula is C22H25N9. The molecule has 0 amide bonds. The highest BCUT2D eigenvalue weighted by molar-refractivity contribution is 5.66. The van der Waals surface area contributed by atoms with Crippen LogP contribution in [0.1, 0.15) is 37.1 Å². The van der Waals surface area contributed by atoms with Crippen molar-refractivity contribution in [2.45, 2.75) is 44.2 Å². The van der Waals surface area contributed by atoms with E-state index in [4.69, 9.17) is 16.5 Å². The minimum atomic E-state index is -0.544. The lowest BCUT2D eigenvalue weighted by Crippen LogP contribution is -2.45. The number of fused-ring (bicyclic) bond motifs is 1. The van der Waals surface area contributed by atoms with Gasteiger partial charge in [-0.15, -0.1) is 0 Å². The van der Waals surface area contributed by atoms with Crippen LogP contribution in [0, 0.1) is 6.92 Å². The Hall–Kier alpha value is -3.43. The molecule has 0 unspecified atom stereocenters. The Balaban J connectivity index is 1.54. The van der Waals surface area contributed by atoms with Crippen LogP contribution in [-0.2, 0) is 5.54 Å². The molecule has 1 aliphatic rings. The van der Waals surface area contributed by atoms with Gasteiger partial charge in [0.2, 0.25) is 0 Å². The van der Waals surface area contributed by atoms with Crippen LogP contribution in [0.3, 0.4) is 0 Å². The number of nitrogens with two attached hydrogens (primary N) is 2. The Kier molecular flexibility index (Phi) is 4.84. The molecule has 0 radical (unpaired) electrons. The SMILES string of the molecule is Cc1cnc(C2(N)CCC(N)CC2)nc1-c1cnc2ccc(Nc3cnccn3)cn12. The lowest BCUT2D eigenvalue weighted by molar-refractivity contribution is 0.264. The molecule has 9 heteroatoms. The minimum Gasteiger partial charge on any atom is -0.338 e. The number of aryl methyl sites for hydroxylation is 1. The number of hydrogen-bond acceptors (Lipinski definition) is 8. The Bertz CT molecular complexity index is 1210. The van der Waals surface area contributed by atoms with Gasteiger partial charge in [-0.05, 0) is 50.3 Å². The van der Waals surface area contributed by atoms with E-state index < -0.39 is 5.54 Å². The van der Waals surface area contributed by atoms with Gasteiger partial charge in [-0.2, -0.15) is 0 Å². The molecule has 0 spiro atoms. The standard InChI is InChI=1S/C22H25N9/c1-14-10-28-21(22(24)6-4-15(23)5-7-22)30-20(14)17-11-27-19-3-2-16(13-31(17)19)29-18-12-25-8-9-26-18/h2-3,8-13,15H,4-7,23-24H2,1H3,(H,26,29). The van der Waals surface area contributed by atoms with E-state index in [1.54, 1.807) is 18.6 Å². The number of imidazole rings is 1. The molecule has 4 aromatic heterocycles.